The van der Waals surface area contributed by atoms with Crippen LogP contribution in [0.2, 0.25) is 0 Å². The second-order valence-electron chi connectivity index (χ2n) is 5.30. The third-order valence-corrected chi connectivity index (χ3v) is 5.09. The van der Waals surface area contributed by atoms with Gasteiger partial charge in [0.2, 0.25) is 0 Å². The van der Waals surface area contributed by atoms with E-state index in [0.717, 1.165) is 19.6 Å². The predicted molar refractivity (Wildman–Crippen MR) is 95.8 cm³/mol. The van der Waals surface area contributed by atoms with Gasteiger partial charge in [-0.3, -0.25) is 4.90 Å². The van der Waals surface area contributed by atoms with Gasteiger partial charge in [0, 0.05) is 19.1 Å². The first-order chi connectivity index (χ1) is 10.2. The summed E-state index contributed by atoms with van der Waals surface area (Å²) in [6, 6.07) is 13.4. The topological polar surface area (TPSA) is 15.3 Å². The number of nitrogens with one attached hydrogen (secondary N) is 1. The van der Waals surface area contributed by atoms with Crippen molar-refractivity contribution in [3.8, 4) is 0 Å². The highest BCUT2D eigenvalue weighted by molar-refractivity contribution is 9.11. The Hall–Kier alpha value is -0.680. The molecule has 0 aliphatic carbocycles. The van der Waals surface area contributed by atoms with Crippen molar-refractivity contribution in [3.05, 3.63) is 56.7 Å². The van der Waals surface area contributed by atoms with Gasteiger partial charge < -0.3 is 5.32 Å². The van der Waals surface area contributed by atoms with Crippen LogP contribution in [0, 0.1) is 0 Å². The summed E-state index contributed by atoms with van der Waals surface area (Å²) in [5.74, 6) is 0. The molecule has 0 bridgehead atoms. The monoisotopic (exact) mass is 366 g/mol. The molecule has 21 heavy (non-hydrogen) atoms. The maximum atomic E-state index is 3.56. The van der Waals surface area contributed by atoms with E-state index < -0.39 is 0 Å². The molecule has 2 rings (SSSR count). The number of hydrogen-bond acceptors (Lipinski definition) is 3. The lowest BCUT2D eigenvalue weighted by atomic mass is 10.1. The van der Waals surface area contributed by atoms with Gasteiger partial charge in [-0.25, -0.2) is 0 Å². The van der Waals surface area contributed by atoms with Crippen molar-refractivity contribution in [2.75, 3.05) is 20.1 Å². The number of thiophene rings is 1. The van der Waals surface area contributed by atoms with Crippen molar-refractivity contribution in [3.63, 3.8) is 0 Å². The fraction of sp³-hybridized carbons (Fsp3) is 0.412. The molecule has 1 heterocycles. The minimum atomic E-state index is 0.399. The Kier molecular flexibility index (Phi) is 6.90. The second kappa shape index (κ2) is 8.69. The molecule has 0 saturated carbocycles. The van der Waals surface area contributed by atoms with Crippen LogP contribution in [-0.2, 0) is 6.54 Å². The molecule has 0 spiro atoms. The number of nitrogens with zero attached hydrogens (tertiary/aromatic N) is 1. The van der Waals surface area contributed by atoms with Gasteiger partial charge in [-0.1, -0.05) is 37.3 Å². The van der Waals surface area contributed by atoms with E-state index in [1.165, 1.54) is 21.3 Å². The Bertz CT molecular complexity index is 527. The Morgan fingerprint density at radius 1 is 1.29 bits per heavy atom. The molecule has 0 saturated heterocycles. The normalized spacial score (nSPS) is 12.8. The molecule has 2 aromatic rings. The van der Waals surface area contributed by atoms with E-state index in [9.17, 15) is 0 Å². The van der Waals surface area contributed by atoms with Gasteiger partial charge in [-0.2, -0.15) is 0 Å². The zero-order valence-corrected chi connectivity index (χ0v) is 15.1. The summed E-state index contributed by atoms with van der Waals surface area (Å²) in [5.41, 5.74) is 2.74. The summed E-state index contributed by atoms with van der Waals surface area (Å²) in [6.07, 6.45) is 1.17. The van der Waals surface area contributed by atoms with E-state index in [0.29, 0.717) is 6.04 Å². The maximum absolute atomic E-state index is 3.56. The van der Waals surface area contributed by atoms with Crippen LogP contribution in [0.15, 0.2) is 45.6 Å². The van der Waals surface area contributed by atoms with Crippen LogP contribution >= 0.6 is 27.3 Å². The van der Waals surface area contributed by atoms with E-state index in [1.807, 2.05) is 0 Å². The molecule has 0 radical (unpaired) electrons. The first kappa shape index (κ1) is 16.7. The van der Waals surface area contributed by atoms with Gasteiger partial charge in [0.25, 0.3) is 0 Å². The number of halogens is 1. The number of rotatable bonds is 8. The lowest BCUT2D eigenvalue weighted by Gasteiger charge is -2.28. The highest BCUT2D eigenvalue weighted by Crippen LogP contribution is 2.25. The summed E-state index contributed by atoms with van der Waals surface area (Å²) in [5, 5.41) is 5.78. The molecule has 1 N–H and O–H groups in total. The van der Waals surface area contributed by atoms with Gasteiger partial charge in [0.05, 0.1) is 3.79 Å². The Labute approximate surface area is 140 Å². The van der Waals surface area contributed by atoms with Crippen LogP contribution in [0.3, 0.4) is 0 Å². The first-order valence-electron chi connectivity index (χ1n) is 7.39. The van der Waals surface area contributed by atoms with Crippen LogP contribution in [0.25, 0.3) is 0 Å². The van der Waals surface area contributed by atoms with Gasteiger partial charge in [0.1, 0.15) is 0 Å². The van der Waals surface area contributed by atoms with Crippen molar-refractivity contribution in [2.45, 2.75) is 25.9 Å². The van der Waals surface area contributed by atoms with Gasteiger partial charge >= 0.3 is 0 Å². The van der Waals surface area contributed by atoms with Crippen molar-refractivity contribution in [2.24, 2.45) is 0 Å². The Balaban J connectivity index is 2.06. The van der Waals surface area contributed by atoms with Crippen LogP contribution in [-0.4, -0.2) is 25.0 Å². The lowest BCUT2D eigenvalue weighted by molar-refractivity contribution is 0.230. The minimum Gasteiger partial charge on any atom is -0.315 e. The summed E-state index contributed by atoms with van der Waals surface area (Å²) in [4.78, 5) is 2.42. The minimum absolute atomic E-state index is 0.399. The molecule has 0 aliphatic heterocycles. The van der Waals surface area contributed by atoms with Crippen molar-refractivity contribution < 1.29 is 0 Å². The summed E-state index contributed by atoms with van der Waals surface area (Å²) in [7, 11) is 2.21. The Morgan fingerprint density at radius 2 is 2.05 bits per heavy atom. The third-order valence-electron chi connectivity index (χ3n) is 3.53. The van der Waals surface area contributed by atoms with Crippen LogP contribution in [0.4, 0.5) is 0 Å². The quantitative estimate of drug-likeness (QED) is 0.682. The van der Waals surface area contributed by atoms with Crippen molar-refractivity contribution in [1.82, 2.24) is 10.2 Å². The summed E-state index contributed by atoms with van der Waals surface area (Å²) in [6.45, 7) is 5.23. The molecule has 1 aromatic carbocycles. The number of hydrogen-bond donors (Lipinski definition) is 1. The molecule has 0 aliphatic rings. The van der Waals surface area contributed by atoms with Gasteiger partial charge in [-0.05, 0) is 58.5 Å². The zero-order chi connectivity index (χ0) is 15.1. The fourth-order valence-electron chi connectivity index (χ4n) is 2.45. The maximum Gasteiger partial charge on any atom is 0.0701 e. The zero-order valence-electron chi connectivity index (χ0n) is 12.7. The highest BCUT2D eigenvalue weighted by Gasteiger charge is 2.17. The Morgan fingerprint density at radius 3 is 2.67 bits per heavy atom. The summed E-state index contributed by atoms with van der Waals surface area (Å²) < 4.78 is 1.20. The van der Waals surface area contributed by atoms with Crippen molar-refractivity contribution >= 4 is 27.3 Å². The second-order valence-corrected chi connectivity index (χ2v) is 7.60. The molecule has 2 nitrogen and oxygen atoms in total. The average Bonchev–Trinajstić information content (AvgIpc) is 2.89. The molecule has 114 valence electrons. The van der Waals surface area contributed by atoms with Gasteiger partial charge in [-0.15, -0.1) is 11.3 Å². The SMILES string of the molecule is CCCNCC(c1ccccc1)N(C)Cc1csc(Br)c1. The number of likely N-dealkylation sites (N-methyl/N-ethyl adjacent to an activating group) is 1. The summed E-state index contributed by atoms with van der Waals surface area (Å²) >= 11 is 5.29. The van der Waals surface area contributed by atoms with Crippen LogP contribution < -0.4 is 5.32 Å². The molecule has 1 aromatic heterocycles. The molecular formula is C17H23BrN2S. The van der Waals surface area contributed by atoms with E-state index in [2.05, 4.69) is 81.9 Å². The highest BCUT2D eigenvalue weighted by atomic mass is 79.9. The molecular weight excluding hydrogens is 344 g/mol. The number of benzene rings is 1. The van der Waals surface area contributed by atoms with E-state index >= 15 is 0 Å². The molecule has 1 unspecified atom stereocenters. The fourth-order valence-corrected chi connectivity index (χ4v) is 3.65. The smallest absolute Gasteiger partial charge is 0.0701 e. The standard InChI is InChI=1S/C17H23BrN2S/c1-3-9-19-11-16(15-7-5-4-6-8-15)20(2)12-14-10-17(18)21-13-14/h4-8,10,13,16,19H,3,9,11-12H2,1-2H3. The lowest BCUT2D eigenvalue weighted by Crippen LogP contribution is -2.33. The van der Waals surface area contributed by atoms with Crippen molar-refractivity contribution in [1.29, 1.82) is 0 Å². The molecule has 0 amide bonds. The molecule has 4 heteroatoms. The largest absolute Gasteiger partial charge is 0.315 e. The average molecular weight is 367 g/mol. The first-order valence-corrected chi connectivity index (χ1v) is 9.06. The predicted octanol–water partition coefficient (Wildman–Crippen LogP) is 4.68. The van der Waals surface area contributed by atoms with Crippen LogP contribution in [0.5, 0.6) is 0 Å². The molecule has 0 fully saturated rings. The van der Waals surface area contributed by atoms with Crippen LogP contribution in [0.1, 0.15) is 30.5 Å². The van der Waals surface area contributed by atoms with Gasteiger partial charge in [0.15, 0.2) is 0 Å². The molecule has 1 atom stereocenters. The van der Waals surface area contributed by atoms with E-state index in [-0.39, 0.29) is 0 Å². The third kappa shape index (κ3) is 5.22. The van der Waals surface area contributed by atoms with E-state index in [4.69, 9.17) is 0 Å². The van der Waals surface area contributed by atoms with E-state index in [1.54, 1.807) is 11.3 Å².